The predicted molar refractivity (Wildman–Crippen MR) is 47.7 cm³/mol. The van der Waals surface area contributed by atoms with Gasteiger partial charge in [0.05, 0.1) is 0 Å². The van der Waals surface area contributed by atoms with Crippen molar-refractivity contribution in [2.75, 3.05) is 0 Å². The summed E-state index contributed by atoms with van der Waals surface area (Å²) in [5, 5.41) is 0. The largest absolute Gasteiger partial charge is 0.368 e. The lowest BCUT2D eigenvalue weighted by Crippen LogP contribution is -2.07. The molecule has 0 bridgehead atoms. The van der Waals surface area contributed by atoms with E-state index in [-0.39, 0.29) is 0 Å². The first-order valence-electron chi connectivity index (χ1n) is 4.93. The molecule has 0 aromatic carbocycles. The van der Waals surface area contributed by atoms with Gasteiger partial charge >= 0.3 is 20.4 Å². The van der Waals surface area contributed by atoms with Crippen molar-refractivity contribution in [1.29, 1.82) is 0 Å². The van der Waals surface area contributed by atoms with E-state index >= 15 is 0 Å². The van der Waals surface area contributed by atoms with Crippen molar-refractivity contribution >= 4 is 20.4 Å². The fourth-order valence-corrected chi connectivity index (χ4v) is 4.11. The van der Waals surface area contributed by atoms with Crippen LogP contribution < -0.4 is 0 Å². The molecule has 0 N–H and O–H groups in total. The lowest BCUT2D eigenvalue weighted by molar-refractivity contribution is 0.499. The Labute approximate surface area is 74.5 Å². The topological polar surface area (TPSA) is 0 Å². The maximum Gasteiger partial charge on any atom is 0.368 e. The molecule has 1 aliphatic rings. The zero-order valence-electron chi connectivity index (χ0n) is 7.23. The van der Waals surface area contributed by atoms with Crippen LogP contribution in [0.25, 0.3) is 0 Å². The molecule has 0 amide bonds. The van der Waals surface area contributed by atoms with Crippen molar-refractivity contribution < 1.29 is 0 Å². The second-order valence-electron chi connectivity index (χ2n) is 3.65. The molecule has 0 aromatic heterocycles. The average molecular weight is 151 g/mol. The molecule has 0 saturated heterocycles. The Bertz CT molecular complexity index is 74.8. The Balaban J connectivity index is 2.02. The van der Waals surface area contributed by atoms with Crippen LogP contribution in [0, 0.1) is 0 Å². The Morgan fingerprint density at radius 1 is 1.20 bits per heavy atom. The first-order chi connectivity index (χ1) is 4.93. The Morgan fingerprint density at radius 2 is 1.90 bits per heavy atom. The first-order valence-corrected chi connectivity index (χ1v) is 6.75. The van der Waals surface area contributed by atoms with E-state index in [0.29, 0.717) is 20.4 Å². The summed E-state index contributed by atoms with van der Waals surface area (Å²) in [4.78, 5) is 0. The summed E-state index contributed by atoms with van der Waals surface area (Å²) in [6, 6.07) is 0. The Hall–Kier alpha value is 0.766. The van der Waals surface area contributed by atoms with Gasteiger partial charge in [-0.25, -0.2) is 0 Å². The van der Waals surface area contributed by atoms with Gasteiger partial charge in [-0.2, -0.15) is 0 Å². The van der Waals surface area contributed by atoms with Crippen molar-refractivity contribution in [2.45, 2.75) is 54.0 Å². The summed E-state index contributed by atoms with van der Waals surface area (Å²) in [5.41, 5.74) is 0. The monoisotopic (exact) mass is 150 g/mol. The average Bonchev–Trinajstić information content (AvgIpc) is 2.03. The number of rotatable bonds is 3. The summed E-state index contributed by atoms with van der Waals surface area (Å²) < 4.78 is 2.85. The van der Waals surface area contributed by atoms with Gasteiger partial charge in [0.1, 0.15) is 0 Å². The molecular weight excluding hydrogens is 132 g/mol. The van der Waals surface area contributed by atoms with Crippen molar-refractivity contribution in [3.8, 4) is 0 Å². The molecule has 0 atom stereocenters. The maximum absolute atomic E-state index is 2.33. The van der Waals surface area contributed by atoms with Crippen LogP contribution in [0.4, 0.5) is 0 Å². The molecule has 0 unspecified atom stereocenters. The van der Waals surface area contributed by atoms with Crippen molar-refractivity contribution in [3.05, 3.63) is 0 Å². The van der Waals surface area contributed by atoms with Gasteiger partial charge in [0.2, 0.25) is 0 Å². The quantitative estimate of drug-likeness (QED) is 0.542. The third-order valence-corrected chi connectivity index (χ3v) is 5.44. The van der Waals surface area contributed by atoms with E-state index in [1.54, 1.807) is 30.2 Å². The molecular formula is C9H18Mg. The molecule has 1 fully saturated rings. The molecule has 0 aromatic rings. The van der Waals surface area contributed by atoms with E-state index in [2.05, 4.69) is 6.92 Å². The van der Waals surface area contributed by atoms with Crippen LogP contribution in [-0.2, 0) is 0 Å². The summed E-state index contributed by atoms with van der Waals surface area (Å²) in [6.07, 6.45) is 9.24. The molecule has 0 nitrogen and oxygen atoms in total. The first kappa shape index (κ1) is 8.86. The van der Waals surface area contributed by atoms with E-state index < -0.39 is 0 Å². The van der Waals surface area contributed by atoms with Gasteiger partial charge in [-0.3, -0.25) is 0 Å². The lowest BCUT2D eigenvalue weighted by Gasteiger charge is -2.20. The third kappa shape index (κ3) is 3.24. The highest BCUT2D eigenvalue weighted by molar-refractivity contribution is 6.37. The maximum atomic E-state index is 2.33. The van der Waals surface area contributed by atoms with Crippen LogP contribution in [0.5, 0.6) is 0 Å². The van der Waals surface area contributed by atoms with Crippen molar-refractivity contribution in [1.82, 2.24) is 0 Å². The highest BCUT2D eigenvalue weighted by Gasteiger charge is 2.14. The SMILES string of the molecule is CC[CH2][Mg][CH]1CCCCC1. The van der Waals surface area contributed by atoms with Crippen LogP contribution in [0.2, 0.25) is 8.60 Å². The van der Waals surface area contributed by atoms with Gasteiger partial charge in [-0.1, -0.05) is 45.4 Å². The van der Waals surface area contributed by atoms with E-state index in [4.69, 9.17) is 0 Å². The molecule has 56 valence electrons. The van der Waals surface area contributed by atoms with E-state index in [0.717, 1.165) is 0 Å². The fourth-order valence-electron chi connectivity index (χ4n) is 1.97. The van der Waals surface area contributed by atoms with Gasteiger partial charge in [0.15, 0.2) is 0 Å². The summed E-state index contributed by atoms with van der Waals surface area (Å²) in [6.45, 7) is 2.33. The van der Waals surface area contributed by atoms with Crippen LogP contribution in [0.1, 0.15) is 45.4 Å². The van der Waals surface area contributed by atoms with Crippen molar-refractivity contribution in [2.24, 2.45) is 0 Å². The highest BCUT2D eigenvalue weighted by Crippen LogP contribution is 2.28. The van der Waals surface area contributed by atoms with E-state index in [1.807, 2.05) is 0 Å². The Morgan fingerprint density at radius 3 is 2.50 bits per heavy atom. The minimum absolute atomic E-state index is 0.366. The fraction of sp³-hybridized carbons (Fsp3) is 1.00. The summed E-state index contributed by atoms with van der Waals surface area (Å²) in [5.74, 6) is 0. The number of hydrogen-bond acceptors (Lipinski definition) is 0. The van der Waals surface area contributed by atoms with Gasteiger partial charge in [0.25, 0.3) is 0 Å². The minimum atomic E-state index is 0.366. The Kier molecular flexibility index (Phi) is 4.80. The van der Waals surface area contributed by atoms with Gasteiger partial charge < -0.3 is 0 Å². The molecule has 1 aliphatic carbocycles. The second kappa shape index (κ2) is 5.42. The molecule has 0 radical (unpaired) electrons. The normalized spacial score (nSPS) is 20.5. The molecule has 10 heavy (non-hydrogen) atoms. The van der Waals surface area contributed by atoms with E-state index in [1.165, 1.54) is 16.9 Å². The summed E-state index contributed by atoms with van der Waals surface area (Å²) >= 11 is 0.366. The zero-order chi connectivity index (χ0) is 7.23. The smallest absolute Gasteiger partial charge is 0.146 e. The molecule has 1 saturated carbocycles. The summed E-state index contributed by atoms with van der Waals surface area (Å²) in [7, 11) is 0. The lowest BCUT2D eigenvalue weighted by atomic mass is 10.00. The highest BCUT2D eigenvalue weighted by atomic mass is 24.5. The molecule has 0 spiro atoms. The standard InChI is InChI=1S/C6H11.C3H7.Mg/c1-2-4-6-5-3-1;1-3-2;/h1H,2-6H2;1,3H2,2H3;. The van der Waals surface area contributed by atoms with Gasteiger partial charge in [0, 0.05) is 0 Å². The van der Waals surface area contributed by atoms with Crippen molar-refractivity contribution in [3.63, 3.8) is 0 Å². The molecule has 0 heterocycles. The van der Waals surface area contributed by atoms with Gasteiger partial charge in [-0.05, 0) is 0 Å². The van der Waals surface area contributed by atoms with Crippen LogP contribution in [0.15, 0.2) is 0 Å². The minimum Gasteiger partial charge on any atom is -0.146 e. The van der Waals surface area contributed by atoms with Crippen LogP contribution >= 0.6 is 0 Å². The predicted octanol–water partition coefficient (Wildman–Crippen LogP) is 3.27. The molecule has 0 aliphatic heterocycles. The second-order valence-corrected chi connectivity index (χ2v) is 6.09. The van der Waals surface area contributed by atoms with Crippen LogP contribution in [0.3, 0.4) is 0 Å². The van der Waals surface area contributed by atoms with Gasteiger partial charge in [-0.15, -0.1) is 8.60 Å². The molecule has 1 rings (SSSR count). The van der Waals surface area contributed by atoms with E-state index in [9.17, 15) is 0 Å². The molecule has 1 heteroatoms. The van der Waals surface area contributed by atoms with Crippen LogP contribution in [-0.4, -0.2) is 20.4 Å². The number of hydrogen-bond donors (Lipinski definition) is 0. The zero-order valence-corrected chi connectivity index (χ0v) is 8.65. The third-order valence-electron chi connectivity index (χ3n) is 2.69.